The summed E-state index contributed by atoms with van der Waals surface area (Å²) in [4.78, 5) is 23.0. The molecule has 0 unspecified atom stereocenters. The highest BCUT2D eigenvalue weighted by atomic mass is 32.1. The van der Waals surface area contributed by atoms with Crippen LogP contribution in [-0.4, -0.2) is 11.1 Å². The van der Waals surface area contributed by atoms with Crippen LogP contribution in [0.3, 0.4) is 0 Å². The third kappa shape index (κ3) is 1.94. The van der Waals surface area contributed by atoms with Crippen LogP contribution in [0.25, 0.3) is 21.6 Å². The van der Waals surface area contributed by atoms with Gasteiger partial charge in [0.2, 0.25) is 5.43 Å². The van der Waals surface area contributed by atoms with Crippen LogP contribution in [0.15, 0.2) is 51.0 Å². The lowest BCUT2D eigenvalue weighted by molar-refractivity contribution is 0.0698. The second-order valence-electron chi connectivity index (χ2n) is 3.95. The molecule has 2 aromatic heterocycles. The van der Waals surface area contributed by atoms with Crippen LogP contribution in [0.1, 0.15) is 10.4 Å². The Kier molecular flexibility index (Phi) is 2.68. The normalized spacial score (nSPS) is 10.7. The Morgan fingerprint density at radius 3 is 2.63 bits per heavy atom. The van der Waals surface area contributed by atoms with Gasteiger partial charge in [-0.3, -0.25) is 4.79 Å². The molecule has 0 bridgehead atoms. The average molecular weight is 272 g/mol. The smallest absolute Gasteiger partial charge is 0.340 e. The van der Waals surface area contributed by atoms with Gasteiger partial charge < -0.3 is 9.52 Å². The van der Waals surface area contributed by atoms with E-state index in [0.29, 0.717) is 10.5 Å². The summed E-state index contributed by atoms with van der Waals surface area (Å²) in [7, 11) is 0. The number of rotatable bonds is 2. The number of carboxylic acid groups (broad SMARTS) is 1. The molecule has 0 saturated heterocycles. The van der Waals surface area contributed by atoms with Gasteiger partial charge in [0.05, 0.1) is 0 Å². The molecular weight excluding hydrogens is 264 g/mol. The lowest BCUT2D eigenvalue weighted by Gasteiger charge is -2.01. The maximum Gasteiger partial charge on any atom is 0.340 e. The van der Waals surface area contributed by atoms with Gasteiger partial charge in [0, 0.05) is 17.0 Å². The number of hydrogen-bond acceptors (Lipinski definition) is 4. The molecular formula is C14H8O4S. The predicted molar refractivity (Wildman–Crippen MR) is 72.8 cm³/mol. The first-order chi connectivity index (χ1) is 9.16. The summed E-state index contributed by atoms with van der Waals surface area (Å²) in [6, 6.07) is 10.5. The molecule has 4 nitrogen and oxygen atoms in total. The molecule has 0 atom stereocenters. The average Bonchev–Trinajstić information content (AvgIpc) is 2.84. The minimum absolute atomic E-state index is 0.0230. The molecule has 2 heterocycles. The van der Waals surface area contributed by atoms with E-state index in [1.54, 1.807) is 12.1 Å². The topological polar surface area (TPSA) is 67.5 Å². The largest absolute Gasteiger partial charge is 0.478 e. The van der Waals surface area contributed by atoms with Gasteiger partial charge in [0.25, 0.3) is 0 Å². The Hall–Kier alpha value is -2.40. The molecule has 0 aliphatic carbocycles. The zero-order valence-electron chi connectivity index (χ0n) is 9.62. The van der Waals surface area contributed by atoms with E-state index in [1.807, 2.05) is 18.2 Å². The second kappa shape index (κ2) is 4.37. The fraction of sp³-hybridized carbons (Fsp3) is 0. The highest BCUT2D eigenvalue weighted by Gasteiger charge is 2.17. The van der Waals surface area contributed by atoms with Crippen molar-refractivity contribution >= 4 is 27.6 Å². The Labute approximate surface area is 111 Å². The van der Waals surface area contributed by atoms with Crippen LogP contribution in [0.2, 0.25) is 0 Å². The molecule has 19 heavy (non-hydrogen) atoms. The fourth-order valence-corrected chi connectivity index (χ4v) is 2.71. The first-order valence-electron chi connectivity index (χ1n) is 5.51. The van der Waals surface area contributed by atoms with E-state index in [-0.39, 0.29) is 16.6 Å². The molecule has 3 rings (SSSR count). The maximum atomic E-state index is 12.0. The third-order valence-electron chi connectivity index (χ3n) is 2.73. The van der Waals surface area contributed by atoms with Crippen molar-refractivity contribution in [3.8, 4) is 11.3 Å². The molecule has 5 heteroatoms. The van der Waals surface area contributed by atoms with Gasteiger partial charge in [0.15, 0.2) is 5.58 Å². The summed E-state index contributed by atoms with van der Waals surface area (Å²) in [6.07, 6.45) is 0. The molecule has 0 fully saturated rings. The summed E-state index contributed by atoms with van der Waals surface area (Å²) in [6.45, 7) is 0. The molecule has 1 N–H and O–H groups in total. The van der Waals surface area contributed by atoms with Crippen LogP contribution in [0.5, 0.6) is 0 Å². The molecule has 1 aromatic carbocycles. The van der Waals surface area contributed by atoms with Crippen molar-refractivity contribution < 1.29 is 14.3 Å². The van der Waals surface area contributed by atoms with E-state index in [4.69, 9.17) is 9.52 Å². The van der Waals surface area contributed by atoms with Crippen molar-refractivity contribution in [1.82, 2.24) is 0 Å². The lowest BCUT2D eigenvalue weighted by atomic mass is 10.1. The summed E-state index contributed by atoms with van der Waals surface area (Å²) in [5.74, 6) is -0.724. The van der Waals surface area contributed by atoms with Gasteiger partial charge >= 0.3 is 5.97 Å². The summed E-state index contributed by atoms with van der Waals surface area (Å²) >= 11 is 1.09. The summed E-state index contributed by atoms with van der Waals surface area (Å²) in [5.41, 5.74) is 0.681. The molecule has 94 valence electrons. The predicted octanol–water partition coefficient (Wildman–Crippen LogP) is 3.22. The Balaban J connectivity index is 2.32. The Bertz CT molecular complexity index is 814. The van der Waals surface area contributed by atoms with Gasteiger partial charge in [-0.2, -0.15) is 0 Å². The molecule has 3 aromatic rings. The Morgan fingerprint density at radius 2 is 1.95 bits per heavy atom. The van der Waals surface area contributed by atoms with Gasteiger partial charge in [-0.15, -0.1) is 11.3 Å². The second-order valence-corrected chi connectivity index (χ2v) is 4.83. The fourth-order valence-electron chi connectivity index (χ4n) is 1.83. The van der Waals surface area contributed by atoms with Crippen LogP contribution in [-0.2, 0) is 0 Å². The van der Waals surface area contributed by atoms with Gasteiger partial charge in [-0.1, -0.05) is 30.3 Å². The molecule has 0 amide bonds. The lowest BCUT2D eigenvalue weighted by Crippen LogP contribution is -2.00. The number of carboxylic acids is 1. The number of aromatic carboxylic acids is 1. The van der Waals surface area contributed by atoms with E-state index in [1.165, 1.54) is 11.4 Å². The highest BCUT2D eigenvalue weighted by molar-refractivity contribution is 7.17. The zero-order valence-corrected chi connectivity index (χ0v) is 10.4. The molecule has 0 aliphatic rings. The quantitative estimate of drug-likeness (QED) is 0.777. The first-order valence-corrected chi connectivity index (χ1v) is 6.39. The summed E-state index contributed by atoms with van der Waals surface area (Å²) in [5, 5.41) is 10.5. The molecule has 0 radical (unpaired) electrons. The van der Waals surface area contributed by atoms with Crippen molar-refractivity contribution in [1.29, 1.82) is 0 Å². The third-order valence-corrected chi connectivity index (χ3v) is 3.71. The number of carbonyl (C=O) groups is 1. The highest BCUT2D eigenvalue weighted by Crippen LogP contribution is 2.28. The van der Waals surface area contributed by atoms with Crippen LogP contribution in [0, 0.1) is 0 Å². The minimum atomic E-state index is -1.10. The SMILES string of the molecule is O=C(O)c1csc2c(=O)cc(-c3ccccc3)oc12. The summed E-state index contributed by atoms with van der Waals surface area (Å²) < 4.78 is 5.92. The van der Waals surface area contributed by atoms with Gasteiger partial charge in [0.1, 0.15) is 16.0 Å². The molecule has 0 aliphatic heterocycles. The van der Waals surface area contributed by atoms with Crippen molar-refractivity contribution in [3.05, 3.63) is 57.6 Å². The van der Waals surface area contributed by atoms with Gasteiger partial charge in [-0.25, -0.2) is 4.79 Å². The van der Waals surface area contributed by atoms with E-state index in [9.17, 15) is 9.59 Å². The van der Waals surface area contributed by atoms with Crippen LogP contribution < -0.4 is 5.43 Å². The van der Waals surface area contributed by atoms with Crippen LogP contribution in [0.4, 0.5) is 0 Å². The monoisotopic (exact) mass is 272 g/mol. The number of hydrogen-bond donors (Lipinski definition) is 1. The van der Waals surface area contributed by atoms with E-state index >= 15 is 0 Å². The first kappa shape index (κ1) is 11.7. The maximum absolute atomic E-state index is 12.0. The zero-order chi connectivity index (χ0) is 13.4. The number of thiophene rings is 1. The van der Waals surface area contributed by atoms with E-state index in [2.05, 4.69) is 0 Å². The Morgan fingerprint density at radius 1 is 1.21 bits per heavy atom. The molecule has 0 saturated carbocycles. The number of fused-ring (bicyclic) bond motifs is 1. The van der Waals surface area contributed by atoms with Crippen molar-refractivity contribution in [2.24, 2.45) is 0 Å². The van der Waals surface area contributed by atoms with Crippen molar-refractivity contribution in [2.45, 2.75) is 0 Å². The van der Waals surface area contributed by atoms with Gasteiger partial charge in [-0.05, 0) is 0 Å². The number of benzene rings is 1. The van der Waals surface area contributed by atoms with E-state index < -0.39 is 5.97 Å². The standard InChI is InChI=1S/C14H8O4S/c15-10-6-11(8-4-2-1-3-5-8)18-12-9(14(16)17)7-19-13(10)12/h1-7H,(H,16,17). The van der Waals surface area contributed by atoms with Crippen molar-refractivity contribution in [2.75, 3.05) is 0 Å². The van der Waals surface area contributed by atoms with Crippen LogP contribution >= 0.6 is 11.3 Å². The minimum Gasteiger partial charge on any atom is -0.478 e. The molecule has 0 spiro atoms. The van der Waals surface area contributed by atoms with E-state index in [0.717, 1.165) is 16.9 Å². The van der Waals surface area contributed by atoms with Crippen molar-refractivity contribution in [3.63, 3.8) is 0 Å².